The number of carbonyl (C=O) groups is 1. The Labute approximate surface area is 155 Å². The summed E-state index contributed by atoms with van der Waals surface area (Å²) < 4.78 is 30.2. The Morgan fingerprint density at radius 1 is 1.23 bits per heavy atom. The third kappa shape index (κ3) is 3.42. The van der Waals surface area contributed by atoms with Gasteiger partial charge in [0.2, 0.25) is 5.91 Å². The Balaban J connectivity index is 1.45. The van der Waals surface area contributed by atoms with Gasteiger partial charge in [-0.1, -0.05) is 18.2 Å². The minimum atomic E-state index is -3.61. The lowest BCUT2D eigenvalue weighted by Gasteiger charge is -2.17. The molecule has 4 rings (SSSR count). The van der Waals surface area contributed by atoms with Gasteiger partial charge in [-0.2, -0.15) is 0 Å². The highest BCUT2D eigenvalue weighted by Crippen LogP contribution is 2.28. The fourth-order valence-corrected chi connectivity index (χ4v) is 5.15. The molecule has 134 valence electrons. The largest absolute Gasteiger partial charge is 0.462 e. The number of carbonyl (C=O) groups excluding carboxylic acids is 1. The van der Waals surface area contributed by atoms with E-state index in [-0.39, 0.29) is 5.75 Å². The molecule has 6 nitrogen and oxygen atoms in total. The van der Waals surface area contributed by atoms with Crippen LogP contribution in [-0.2, 0) is 26.8 Å². The lowest BCUT2D eigenvalue weighted by atomic mass is 10.2. The number of aromatic nitrogens is 1. The van der Waals surface area contributed by atoms with Crippen LogP contribution in [-0.4, -0.2) is 31.6 Å². The number of furan rings is 1. The van der Waals surface area contributed by atoms with E-state index in [4.69, 9.17) is 4.42 Å². The Morgan fingerprint density at radius 3 is 2.88 bits per heavy atom. The number of fused-ring (bicyclic) bond motifs is 1. The highest BCUT2D eigenvalue weighted by atomic mass is 32.2. The maximum absolute atomic E-state index is 12.5. The molecule has 1 aromatic carbocycles. The Morgan fingerprint density at radius 2 is 2.08 bits per heavy atom. The van der Waals surface area contributed by atoms with E-state index in [1.807, 2.05) is 24.3 Å². The van der Waals surface area contributed by atoms with Gasteiger partial charge >= 0.3 is 0 Å². The molecule has 0 fully saturated rings. The van der Waals surface area contributed by atoms with Crippen molar-refractivity contribution in [3.8, 4) is 10.8 Å². The molecule has 0 aliphatic carbocycles. The normalized spacial score (nSPS) is 13.8. The van der Waals surface area contributed by atoms with E-state index >= 15 is 0 Å². The van der Waals surface area contributed by atoms with Crippen molar-refractivity contribution >= 4 is 32.8 Å². The summed E-state index contributed by atoms with van der Waals surface area (Å²) in [6.45, 7) is 0.521. The molecule has 26 heavy (non-hydrogen) atoms. The van der Waals surface area contributed by atoms with Crippen molar-refractivity contribution in [1.29, 1.82) is 0 Å². The van der Waals surface area contributed by atoms with Crippen molar-refractivity contribution in [2.24, 2.45) is 0 Å². The smallest absolute Gasteiger partial charge is 0.242 e. The quantitative estimate of drug-likeness (QED) is 0.671. The number of nitrogens with zero attached hydrogens (tertiary/aromatic N) is 2. The van der Waals surface area contributed by atoms with Gasteiger partial charge in [-0.25, -0.2) is 13.4 Å². The number of benzene rings is 1. The lowest BCUT2D eigenvalue weighted by molar-refractivity contribution is -0.116. The van der Waals surface area contributed by atoms with Gasteiger partial charge in [0, 0.05) is 17.6 Å². The van der Waals surface area contributed by atoms with E-state index < -0.39 is 21.5 Å². The summed E-state index contributed by atoms with van der Waals surface area (Å²) in [6.07, 6.45) is 2.29. The third-order valence-electron chi connectivity index (χ3n) is 4.18. The molecule has 0 spiro atoms. The molecule has 2 aromatic heterocycles. The summed E-state index contributed by atoms with van der Waals surface area (Å²) in [5.74, 6) is -0.569. The molecule has 0 N–H and O–H groups in total. The van der Waals surface area contributed by atoms with Crippen molar-refractivity contribution in [3.63, 3.8) is 0 Å². The first-order chi connectivity index (χ1) is 12.5. The topological polar surface area (TPSA) is 80.5 Å². The van der Waals surface area contributed by atoms with E-state index in [0.29, 0.717) is 23.0 Å². The lowest BCUT2D eigenvalue weighted by Crippen LogP contribution is -2.34. The number of hydrogen-bond donors (Lipinski definition) is 0. The highest BCUT2D eigenvalue weighted by molar-refractivity contribution is 7.91. The molecule has 1 aliphatic heterocycles. The van der Waals surface area contributed by atoms with E-state index in [1.54, 1.807) is 28.7 Å². The van der Waals surface area contributed by atoms with Crippen LogP contribution >= 0.6 is 11.3 Å². The van der Waals surface area contributed by atoms with Crippen LogP contribution in [0.3, 0.4) is 0 Å². The van der Waals surface area contributed by atoms with Crippen molar-refractivity contribution < 1.29 is 17.6 Å². The predicted octanol–water partition coefficient (Wildman–Crippen LogP) is 2.91. The molecule has 8 heteroatoms. The first kappa shape index (κ1) is 17.0. The van der Waals surface area contributed by atoms with E-state index in [0.717, 1.165) is 17.7 Å². The molecular formula is C18H16N2O4S2. The van der Waals surface area contributed by atoms with Crippen LogP contribution in [0, 0.1) is 0 Å². The van der Waals surface area contributed by atoms with Crippen molar-refractivity contribution in [3.05, 3.63) is 59.3 Å². The molecule has 1 aliphatic rings. The van der Waals surface area contributed by atoms with Crippen LogP contribution in [0.4, 0.5) is 5.69 Å². The Hall–Kier alpha value is -2.45. The number of hydrogen-bond acceptors (Lipinski definition) is 6. The summed E-state index contributed by atoms with van der Waals surface area (Å²) in [7, 11) is -3.61. The van der Waals surface area contributed by atoms with Gasteiger partial charge in [-0.05, 0) is 30.2 Å². The molecule has 0 unspecified atom stereocenters. The number of para-hydroxylation sites is 1. The van der Waals surface area contributed by atoms with Crippen molar-refractivity contribution in [2.75, 3.05) is 17.2 Å². The van der Waals surface area contributed by atoms with Crippen LogP contribution in [0.1, 0.15) is 11.3 Å². The highest BCUT2D eigenvalue weighted by Gasteiger charge is 2.28. The van der Waals surface area contributed by atoms with E-state index in [2.05, 4.69) is 4.98 Å². The van der Waals surface area contributed by atoms with Gasteiger partial charge in [0.05, 0.1) is 17.7 Å². The van der Waals surface area contributed by atoms with Gasteiger partial charge < -0.3 is 9.32 Å². The summed E-state index contributed by atoms with van der Waals surface area (Å²) in [4.78, 5) is 18.4. The standard InChI is InChI=1S/C18H16N2O4S2/c21-17(20-8-7-13-4-1-2-5-15(13)20)12-26(22,23)11-14-10-25-18(19-14)16-6-3-9-24-16/h1-6,9-10H,7-8,11-12H2. The summed E-state index contributed by atoms with van der Waals surface area (Å²) in [6, 6.07) is 11.1. The fraction of sp³-hybridized carbons (Fsp3) is 0.222. The Bertz CT molecular complexity index is 1040. The SMILES string of the molecule is O=C(CS(=O)(=O)Cc1csc(-c2ccco2)n1)N1CCc2ccccc21. The van der Waals surface area contributed by atoms with E-state index in [9.17, 15) is 13.2 Å². The number of rotatable bonds is 5. The Kier molecular flexibility index (Phi) is 4.37. The van der Waals surface area contributed by atoms with Crippen LogP contribution < -0.4 is 4.90 Å². The number of amides is 1. The second-order valence-electron chi connectivity index (χ2n) is 6.08. The van der Waals surface area contributed by atoms with Crippen LogP contribution in [0.15, 0.2) is 52.5 Å². The van der Waals surface area contributed by atoms with Crippen molar-refractivity contribution in [1.82, 2.24) is 4.98 Å². The number of thiazole rings is 1. The van der Waals surface area contributed by atoms with Gasteiger partial charge in [-0.15, -0.1) is 11.3 Å². The molecule has 1 amide bonds. The zero-order valence-electron chi connectivity index (χ0n) is 13.8. The van der Waals surface area contributed by atoms with E-state index in [1.165, 1.54) is 11.3 Å². The first-order valence-electron chi connectivity index (χ1n) is 8.09. The molecule has 0 radical (unpaired) electrons. The monoisotopic (exact) mass is 388 g/mol. The van der Waals surface area contributed by atoms with Gasteiger partial charge in [0.25, 0.3) is 0 Å². The molecule has 0 saturated carbocycles. The molecule has 3 heterocycles. The maximum Gasteiger partial charge on any atom is 0.242 e. The zero-order valence-corrected chi connectivity index (χ0v) is 15.4. The minimum Gasteiger partial charge on any atom is -0.462 e. The first-order valence-corrected chi connectivity index (χ1v) is 10.8. The predicted molar refractivity (Wildman–Crippen MR) is 99.8 cm³/mol. The average molecular weight is 388 g/mol. The third-order valence-corrected chi connectivity index (χ3v) is 6.51. The minimum absolute atomic E-state index is 0.258. The number of sulfone groups is 1. The fourth-order valence-electron chi connectivity index (χ4n) is 3.03. The summed E-state index contributed by atoms with van der Waals surface area (Å²) >= 11 is 1.32. The van der Waals surface area contributed by atoms with Gasteiger partial charge in [0.1, 0.15) is 5.75 Å². The van der Waals surface area contributed by atoms with Gasteiger partial charge in [-0.3, -0.25) is 4.79 Å². The van der Waals surface area contributed by atoms with Crippen molar-refractivity contribution in [2.45, 2.75) is 12.2 Å². The second kappa shape index (κ2) is 6.69. The molecule has 0 atom stereocenters. The van der Waals surface area contributed by atoms with Crippen LogP contribution in [0.2, 0.25) is 0 Å². The summed E-state index contributed by atoms with van der Waals surface area (Å²) in [5, 5.41) is 2.31. The molecule has 0 bridgehead atoms. The molecular weight excluding hydrogens is 372 g/mol. The maximum atomic E-state index is 12.5. The summed E-state index contributed by atoms with van der Waals surface area (Å²) in [5.41, 5.74) is 2.30. The van der Waals surface area contributed by atoms with Crippen LogP contribution in [0.25, 0.3) is 10.8 Å². The molecule has 3 aromatic rings. The average Bonchev–Trinajstić information content (AvgIpc) is 3.34. The zero-order chi connectivity index (χ0) is 18.1. The van der Waals surface area contributed by atoms with Gasteiger partial charge in [0.15, 0.2) is 20.6 Å². The second-order valence-corrected chi connectivity index (χ2v) is 9.00. The number of anilines is 1. The molecule has 0 saturated heterocycles. The van der Waals surface area contributed by atoms with Crippen LogP contribution in [0.5, 0.6) is 0 Å².